The third-order valence-corrected chi connectivity index (χ3v) is 8.00. The molecule has 140 valence electrons. The number of hydrogen-bond donors (Lipinski definition) is 0. The van der Waals surface area contributed by atoms with Crippen LogP contribution in [-0.4, -0.2) is 26.9 Å². The molecule has 0 aliphatic carbocycles. The van der Waals surface area contributed by atoms with E-state index in [1.54, 1.807) is 16.4 Å². The number of para-hydroxylation sites is 1. The van der Waals surface area contributed by atoms with Crippen molar-refractivity contribution in [2.24, 2.45) is 0 Å². The zero-order valence-corrected chi connectivity index (χ0v) is 16.3. The zero-order valence-electron chi connectivity index (χ0n) is 15.5. The number of anilines is 2. The van der Waals surface area contributed by atoms with Crippen LogP contribution < -0.4 is 9.21 Å². The Labute approximate surface area is 159 Å². The number of rotatable bonds is 2. The van der Waals surface area contributed by atoms with Gasteiger partial charge in [0.1, 0.15) is 0 Å². The van der Waals surface area contributed by atoms with Gasteiger partial charge in [0.25, 0.3) is 10.0 Å². The minimum atomic E-state index is -3.69. The van der Waals surface area contributed by atoms with E-state index in [-0.39, 0.29) is 17.9 Å². The van der Waals surface area contributed by atoms with Gasteiger partial charge in [0.05, 0.1) is 22.2 Å². The average molecular weight is 382 g/mol. The van der Waals surface area contributed by atoms with Crippen LogP contribution in [0.15, 0.2) is 41.3 Å². The SMILES string of the molecule is CC1C(=O)N2CCCc3cc(S(=O)(=O)N4c5ccccc5CC4C)cc1c32. The largest absolute Gasteiger partial charge is 0.311 e. The molecule has 1 amide bonds. The van der Waals surface area contributed by atoms with E-state index in [4.69, 9.17) is 0 Å². The Hall–Kier alpha value is -2.34. The standard InChI is InChI=1S/C21H22N2O3S/c1-13-10-15-6-3-4-8-19(15)23(13)27(25,26)17-11-16-7-5-9-22-20(16)18(12-17)14(2)21(22)24/h3-4,6,8,11-14H,5,7,9-10H2,1-2H3. The van der Waals surface area contributed by atoms with Gasteiger partial charge in [0.2, 0.25) is 5.91 Å². The minimum Gasteiger partial charge on any atom is -0.311 e. The Kier molecular flexibility index (Phi) is 3.47. The molecule has 5 rings (SSSR count). The Morgan fingerprint density at radius 1 is 1.07 bits per heavy atom. The molecule has 2 aromatic rings. The first kappa shape index (κ1) is 16.8. The number of hydrogen-bond acceptors (Lipinski definition) is 3. The van der Waals surface area contributed by atoms with Gasteiger partial charge in [-0.1, -0.05) is 18.2 Å². The summed E-state index contributed by atoms with van der Waals surface area (Å²) in [6.45, 7) is 4.55. The van der Waals surface area contributed by atoms with Gasteiger partial charge in [0.15, 0.2) is 0 Å². The predicted octanol–water partition coefficient (Wildman–Crippen LogP) is 3.22. The quantitative estimate of drug-likeness (QED) is 0.801. The van der Waals surface area contributed by atoms with Crippen molar-refractivity contribution in [3.05, 3.63) is 53.1 Å². The molecule has 0 bridgehead atoms. The van der Waals surface area contributed by atoms with Crippen molar-refractivity contribution in [2.45, 2.75) is 50.0 Å². The van der Waals surface area contributed by atoms with Gasteiger partial charge in [-0.15, -0.1) is 0 Å². The number of fused-ring (bicyclic) bond motifs is 1. The molecule has 3 aliphatic rings. The molecule has 0 N–H and O–H groups in total. The van der Waals surface area contributed by atoms with Crippen LogP contribution in [0.25, 0.3) is 0 Å². The molecular weight excluding hydrogens is 360 g/mol. The van der Waals surface area contributed by atoms with E-state index in [1.165, 1.54) is 0 Å². The van der Waals surface area contributed by atoms with Gasteiger partial charge >= 0.3 is 0 Å². The van der Waals surface area contributed by atoms with Crippen LogP contribution in [0.4, 0.5) is 11.4 Å². The molecule has 0 saturated carbocycles. The maximum absolute atomic E-state index is 13.6. The second kappa shape index (κ2) is 5.58. The Morgan fingerprint density at radius 3 is 2.67 bits per heavy atom. The summed E-state index contributed by atoms with van der Waals surface area (Å²) in [4.78, 5) is 14.7. The van der Waals surface area contributed by atoms with Crippen LogP contribution in [0, 0.1) is 0 Å². The number of amides is 1. The average Bonchev–Trinajstić information content (AvgIpc) is 3.12. The molecule has 0 spiro atoms. The molecule has 2 aromatic carbocycles. The molecule has 5 nitrogen and oxygen atoms in total. The highest BCUT2D eigenvalue weighted by molar-refractivity contribution is 7.92. The molecular formula is C21H22N2O3S. The molecule has 0 saturated heterocycles. The Balaban J connectivity index is 1.67. The third-order valence-electron chi connectivity index (χ3n) is 6.09. The monoisotopic (exact) mass is 382 g/mol. The lowest BCUT2D eigenvalue weighted by molar-refractivity contribution is -0.119. The van der Waals surface area contributed by atoms with Crippen molar-refractivity contribution >= 4 is 27.3 Å². The predicted molar refractivity (Wildman–Crippen MR) is 105 cm³/mol. The summed E-state index contributed by atoms with van der Waals surface area (Å²) in [5.74, 6) is -0.198. The number of benzene rings is 2. The van der Waals surface area contributed by atoms with Crippen molar-refractivity contribution in [1.29, 1.82) is 0 Å². The van der Waals surface area contributed by atoms with E-state index in [0.717, 1.165) is 53.9 Å². The summed E-state index contributed by atoms with van der Waals surface area (Å²) >= 11 is 0. The van der Waals surface area contributed by atoms with Crippen molar-refractivity contribution < 1.29 is 13.2 Å². The molecule has 3 heterocycles. The van der Waals surface area contributed by atoms with Crippen molar-refractivity contribution in [2.75, 3.05) is 15.7 Å². The lowest BCUT2D eigenvalue weighted by Gasteiger charge is -2.28. The molecule has 27 heavy (non-hydrogen) atoms. The molecule has 6 heteroatoms. The van der Waals surface area contributed by atoms with E-state index in [0.29, 0.717) is 4.90 Å². The van der Waals surface area contributed by atoms with Gasteiger partial charge in [-0.3, -0.25) is 9.10 Å². The number of nitrogens with zero attached hydrogens (tertiary/aromatic N) is 2. The molecule has 2 atom stereocenters. The first-order valence-corrected chi connectivity index (χ1v) is 10.9. The van der Waals surface area contributed by atoms with Crippen molar-refractivity contribution in [1.82, 2.24) is 0 Å². The van der Waals surface area contributed by atoms with E-state index in [1.807, 2.05) is 43.0 Å². The van der Waals surface area contributed by atoms with Crippen molar-refractivity contribution in [3.8, 4) is 0 Å². The normalized spacial score (nSPS) is 23.6. The molecule has 0 radical (unpaired) electrons. The fourth-order valence-electron chi connectivity index (χ4n) is 4.83. The second-order valence-electron chi connectivity index (χ2n) is 7.82. The lowest BCUT2D eigenvalue weighted by Crippen LogP contribution is -2.36. The fourth-order valence-corrected chi connectivity index (χ4v) is 6.61. The minimum absolute atomic E-state index is 0.0837. The zero-order chi connectivity index (χ0) is 18.9. The van der Waals surface area contributed by atoms with Crippen LogP contribution in [0.3, 0.4) is 0 Å². The topological polar surface area (TPSA) is 57.7 Å². The molecule has 0 aromatic heterocycles. The maximum Gasteiger partial charge on any atom is 0.264 e. The van der Waals surface area contributed by atoms with Crippen LogP contribution in [0.5, 0.6) is 0 Å². The van der Waals surface area contributed by atoms with Gasteiger partial charge < -0.3 is 4.90 Å². The number of carbonyl (C=O) groups excluding carboxylic acids is 1. The highest BCUT2D eigenvalue weighted by Crippen LogP contribution is 2.45. The highest BCUT2D eigenvalue weighted by Gasteiger charge is 2.41. The summed E-state index contributed by atoms with van der Waals surface area (Å²) in [6.07, 6.45) is 2.40. The molecule has 3 aliphatic heterocycles. The second-order valence-corrected chi connectivity index (χ2v) is 9.63. The first-order chi connectivity index (χ1) is 12.9. The summed E-state index contributed by atoms with van der Waals surface area (Å²) in [6, 6.07) is 11.1. The van der Waals surface area contributed by atoms with Crippen LogP contribution in [0.1, 0.15) is 42.9 Å². The first-order valence-electron chi connectivity index (χ1n) is 9.50. The summed E-state index contributed by atoms with van der Waals surface area (Å²) in [7, 11) is -3.69. The fraction of sp³-hybridized carbons (Fsp3) is 0.381. The number of carbonyl (C=O) groups is 1. The van der Waals surface area contributed by atoms with Gasteiger partial charge in [-0.25, -0.2) is 8.42 Å². The Bertz CT molecular complexity index is 1080. The van der Waals surface area contributed by atoms with Crippen LogP contribution in [0.2, 0.25) is 0 Å². The van der Waals surface area contributed by atoms with E-state index < -0.39 is 10.0 Å². The Morgan fingerprint density at radius 2 is 1.85 bits per heavy atom. The smallest absolute Gasteiger partial charge is 0.264 e. The van der Waals surface area contributed by atoms with Gasteiger partial charge in [-0.05, 0) is 68.0 Å². The van der Waals surface area contributed by atoms with Crippen LogP contribution >= 0.6 is 0 Å². The van der Waals surface area contributed by atoms with E-state index >= 15 is 0 Å². The highest BCUT2D eigenvalue weighted by atomic mass is 32.2. The van der Waals surface area contributed by atoms with E-state index in [9.17, 15) is 13.2 Å². The summed E-state index contributed by atoms with van der Waals surface area (Å²) in [5.41, 5.74) is 4.62. The number of aryl methyl sites for hydroxylation is 1. The maximum atomic E-state index is 13.6. The van der Waals surface area contributed by atoms with Crippen LogP contribution in [-0.2, 0) is 27.7 Å². The van der Waals surface area contributed by atoms with E-state index in [2.05, 4.69) is 0 Å². The van der Waals surface area contributed by atoms with Gasteiger partial charge in [-0.2, -0.15) is 0 Å². The van der Waals surface area contributed by atoms with Gasteiger partial charge in [0, 0.05) is 12.6 Å². The molecule has 2 unspecified atom stereocenters. The lowest BCUT2D eigenvalue weighted by atomic mass is 9.97. The molecule has 0 fully saturated rings. The summed E-state index contributed by atoms with van der Waals surface area (Å²) in [5, 5.41) is 0. The number of sulfonamides is 1. The van der Waals surface area contributed by atoms with Crippen molar-refractivity contribution in [3.63, 3.8) is 0 Å². The summed E-state index contributed by atoms with van der Waals surface area (Å²) < 4.78 is 28.7. The third kappa shape index (κ3) is 2.22.